The molecule has 0 spiro atoms. The van der Waals surface area contributed by atoms with Crippen molar-refractivity contribution in [3.63, 3.8) is 0 Å². The number of anilines is 2. The highest BCUT2D eigenvalue weighted by molar-refractivity contribution is 5.88. The second-order valence-electron chi connectivity index (χ2n) is 8.93. The summed E-state index contributed by atoms with van der Waals surface area (Å²) in [5.74, 6) is 0.185. The third-order valence-corrected chi connectivity index (χ3v) is 6.53. The van der Waals surface area contributed by atoms with Crippen LogP contribution in [0.25, 0.3) is 0 Å². The molecule has 0 aliphatic carbocycles. The molecule has 0 saturated carbocycles. The maximum absolute atomic E-state index is 12.8. The van der Waals surface area contributed by atoms with Gasteiger partial charge in [0.2, 0.25) is 5.91 Å². The summed E-state index contributed by atoms with van der Waals surface area (Å²) in [6, 6.07) is 8.26. The Labute approximate surface area is 195 Å². The maximum Gasteiger partial charge on any atom is 0.344 e. The van der Waals surface area contributed by atoms with Crippen LogP contribution in [-0.2, 0) is 11.3 Å². The second kappa shape index (κ2) is 10.4. The van der Waals surface area contributed by atoms with Gasteiger partial charge in [-0.25, -0.2) is 4.79 Å². The van der Waals surface area contributed by atoms with E-state index in [0.29, 0.717) is 18.9 Å². The lowest BCUT2D eigenvalue weighted by Crippen LogP contribution is -2.50. The Balaban J connectivity index is 1.35. The van der Waals surface area contributed by atoms with Crippen molar-refractivity contribution in [1.82, 2.24) is 24.5 Å². The molecule has 4 rings (SSSR count). The first-order chi connectivity index (χ1) is 15.9. The van der Waals surface area contributed by atoms with Gasteiger partial charge < -0.3 is 20.0 Å². The Bertz CT molecular complexity index is 973. The molecule has 2 aromatic rings. The minimum Gasteiger partial charge on any atom is -0.369 e. The topological polar surface area (TPSA) is 77.0 Å². The fourth-order valence-electron chi connectivity index (χ4n) is 4.57. The van der Waals surface area contributed by atoms with E-state index in [9.17, 15) is 9.59 Å². The number of carbonyl (C=O) groups is 2. The third-order valence-electron chi connectivity index (χ3n) is 6.53. The van der Waals surface area contributed by atoms with Gasteiger partial charge in [0.25, 0.3) is 0 Å². The van der Waals surface area contributed by atoms with Crippen LogP contribution in [-0.4, -0.2) is 95.3 Å². The Morgan fingerprint density at radius 2 is 1.67 bits per heavy atom. The Morgan fingerprint density at radius 1 is 0.970 bits per heavy atom. The van der Waals surface area contributed by atoms with Crippen molar-refractivity contribution in [1.29, 1.82) is 0 Å². The van der Waals surface area contributed by atoms with Gasteiger partial charge in [0, 0.05) is 83.8 Å². The van der Waals surface area contributed by atoms with Crippen molar-refractivity contribution < 1.29 is 9.59 Å². The Morgan fingerprint density at radius 3 is 2.33 bits per heavy atom. The summed E-state index contributed by atoms with van der Waals surface area (Å²) in [4.78, 5) is 33.3. The SMILES string of the molecule is CCN1CCN(c2cc(C)ccc2CN2CCN(C(=O)n3ccc(NC(C)=O)n3)CC2)CC1. The van der Waals surface area contributed by atoms with E-state index in [1.807, 2.05) is 4.90 Å². The monoisotopic (exact) mass is 453 g/mol. The summed E-state index contributed by atoms with van der Waals surface area (Å²) in [5, 5.41) is 6.77. The molecule has 3 heterocycles. The molecule has 2 fully saturated rings. The molecule has 0 radical (unpaired) electrons. The predicted molar refractivity (Wildman–Crippen MR) is 130 cm³/mol. The van der Waals surface area contributed by atoms with Crippen LogP contribution in [0.4, 0.5) is 16.3 Å². The first-order valence-corrected chi connectivity index (χ1v) is 11.8. The number of likely N-dealkylation sites (N-methyl/N-ethyl adjacent to an activating group) is 1. The van der Waals surface area contributed by atoms with Crippen LogP contribution in [0.1, 0.15) is 25.0 Å². The summed E-state index contributed by atoms with van der Waals surface area (Å²) in [5.41, 5.74) is 4.00. The number of nitrogens with zero attached hydrogens (tertiary/aromatic N) is 6. The average molecular weight is 454 g/mol. The molecule has 2 amide bonds. The fraction of sp³-hybridized carbons (Fsp3) is 0.542. The lowest BCUT2D eigenvalue weighted by atomic mass is 10.1. The highest BCUT2D eigenvalue weighted by Crippen LogP contribution is 2.25. The Kier molecular flexibility index (Phi) is 7.29. The van der Waals surface area contributed by atoms with Gasteiger partial charge in [0.05, 0.1) is 0 Å². The molecule has 0 bridgehead atoms. The van der Waals surface area contributed by atoms with Crippen molar-refractivity contribution in [3.8, 4) is 0 Å². The zero-order valence-electron chi connectivity index (χ0n) is 20.0. The van der Waals surface area contributed by atoms with E-state index in [-0.39, 0.29) is 11.9 Å². The van der Waals surface area contributed by atoms with Gasteiger partial charge in [-0.05, 0) is 30.7 Å². The zero-order chi connectivity index (χ0) is 23.4. The first kappa shape index (κ1) is 23.3. The molecule has 1 aromatic carbocycles. The Hall–Kier alpha value is -2.91. The quantitative estimate of drug-likeness (QED) is 0.747. The number of nitrogens with one attached hydrogen (secondary N) is 1. The number of benzene rings is 1. The summed E-state index contributed by atoms with van der Waals surface area (Å²) in [7, 11) is 0. The largest absolute Gasteiger partial charge is 0.369 e. The number of piperazine rings is 2. The molecular weight excluding hydrogens is 418 g/mol. The summed E-state index contributed by atoms with van der Waals surface area (Å²) >= 11 is 0. The molecule has 2 aliphatic heterocycles. The number of aromatic nitrogens is 2. The van der Waals surface area contributed by atoms with Gasteiger partial charge in [0.15, 0.2) is 5.82 Å². The molecule has 9 nitrogen and oxygen atoms in total. The van der Waals surface area contributed by atoms with Crippen LogP contribution in [0, 0.1) is 6.92 Å². The van der Waals surface area contributed by atoms with Crippen LogP contribution in [0.2, 0.25) is 0 Å². The fourth-order valence-corrected chi connectivity index (χ4v) is 4.57. The summed E-state index contributed by atoms with van der Waals surface area (Å²) < 4.78 is 1.30. The van der Waals surface area contributed by atoms with E-state index >= 15 is 0 Å². The smallest absolute Gasteiger partial charge is 0.344 e. The minimum absolute atomic E-state index is 0.156. The third kappa shape index (κ3) is 5.72. The molecular formula is C24H35N7O2. The standard InChI is InChI=1S/C24H35N7O2/c1-4-27-9-13-29(14-10-27)22-17-19(2)5-6-21(22)18-28-11-15-30(16-12-28)24(33)31-8-7-23(26-31)25-20(3)32/h5-8,17H,4,9-16,18H2,1-3H3,(H,25,26,32). The van der Waals surface area contributed by atoms with Crippen molar-refractivity contribution in [2.24, 2.45) is 0 Å². The van der Waals surface area contributed by atoms with Crippen LogP contribution >= 0.6 is 0 Å². The van der Waals surface area contributed by atoms with E-state index in [1.54, 1.807) is 12.3 Å². The predicted octanol–water partition coefficient (Wildman–Crippen LogP) is 2.08. The normalized spacial score (nSPS) is 17.9. The lowest BCUT2D eigenvalue weighted by molar-refractivity contribution is -0.114. The molecule has 2 aliphatic rings. The van der Waals surface area contributed by atoms with E-state index in [2.05, 4.69) is 57.2 Å². The molecule has 2 saturated heterocycles. The maximum atomic E-state index is 12.8. The van der Waals surface area contributed by atoms with Gasteiger partial charge in [-0.15, -0.1) is 5.10 Å². The molecule has 0 unspecified atom stereocenters. The van der Waals surface area contributed by atoms with Crippen LogP contribution < -0.4 is 10.2 Å². The number of aryl methyl sites for hydroxylation is 1. The number of carbonyl (C=O) groups excluding carboxylic acids is 2. The number of hydrogen-bond donors (Lipinski definition) is 1. The van der Waals surface area contributed by atoms with Gasteiger partial charge >= 0.3 is 6.03 Å². The van der Waals surface area contributed by atoms with Gasteiger partial charge in [-0.2, -0.15) is 4.68 Å². The zero-order valence-corrected chi connectivity index (χ0v) is 20.0. The lowest BCUT2D eigenvalue weighted by Gasteiger charge is -2.38. The molecule has 1 aromatic heterocycles. The van der Waals surface area contributed by atoms with Gasteiger partial charge in [-0.1, -0.05) is 19.1 Å². The highest BCUT2D eigenvalue weighted by atomic mass is 16.2. The number of hydrogen-bond acceptors (Lipinski definition) is 6. The van der Waals surface area contributed by atoms with E-state index in [4.69, 9.17) is 0 Å². The summed E-state index contributed by atoms with van der Waals surface area (Å²) in [6.45, 7) is 15.1. The average Bonchev–Trinajstić information content (AvgIpc) is 3.28. The first-order valence-electron chi connectivity index (χ1n) is 11.8. The van der Waals surface area contributed by atoms with Crippen LogP contribution in [0.3, 0.4) is 0 Å². The summed E-state index contributed by atoms with van der Waals surface area (Å²) in [6.07, 6.45) is 1.59. The van der Waals surface area contributed by atoms with Crippen molar-refractivity contribution in [2.45, 2.75) is 27.3 Å². The molecule has 178 valence electrons. The number of amides is 2. The van der Waals surface area contributed by atoms with Crippen molar-refractivity contribution in [3.05, 3.63) is 41.6 Å². The van der Waals surface area contributed by atoms with Crippen LogP contribution in [0.15, 0.2) is 30.5 Å². The van der Waals surface area contributed by atoms with E-state index in [0.717, 1.165) is 52.4 Å². The minimum atomic E-state index is -0.205. The molecule has 9 heteroatoms. The van der Waals surface area contributed by atoms with Gasteiger partial charge in [0.1, 0.15) is 0 Å². The van der Waals surface area contributed by atoms with Crippen molar-refractivity contribution in [2.75, 3.05) is 69.1 Å². The second-order valence-corrected chi connectivity index (χ2v) is 8.93. The highest BCUT2D eigenvalue weighted by Gasteiger charge is 2.25. The van der Waals surface area contributed by atoms with Gasteiger partial charge in [-0.3, -0.25) is 9.69 Å². The van der Waals surface area contributed by atoms with E-state index in [1.165, 1.54) is 28.4 Å². The molecule has 33 heavy (non-hydrogen) atoms. The van der Waals surface area contributed by atoms with Crippen molar-refractivity contribution >= 4 is 23.4 Å². The van der Waals surface area contributed by atoms with E-state index < -0.39 is 0 Å². The molecule has 0 atom stereocenters. The molecule has 1 N–H and O–H groups in total. The van der Waals surface area contributed by atoms with Crippen LogP contribution in [0.5, 0.6) is 0 Å². The number of rotatable bonds is 5.